The van der Waals surface area contributed by atoms with Gasteiger partial charge in [0.15, 0.2) is 0 Å². The van der Waals surface area contributed by atoms with Crippen LogP contribution in [-0.2, 0) is 11.0 Å². The molecular formula is C18H19NO2P+. The van der Waals surface area contributed by atoms with E-state index in [1.54, 1.807) is 0 Å². The summed E-state index contributed by atoms with van der Waals surface area (Å²) < 4.78 is 0. The standard InChI is InChI=1S/C18H18NO2P/c1-22(2,21)12-14-7-5-6-13(10-14)11-16-15-8-3-4-9-17(15)19-18(16)20/h3-11,21H,12H2,1-2H3/p+1/b16-11-. The number of nitrogens with one attached hydrogen (secondary N) is 1. The van der Waals surface area contributed by atoms with Gasteiger partial charge in [-0.15, -0.1) is 0 Å². The minimum atomic E-state index is -1.86. The number of benzene rings is 2. The number of fused-ring (bicyclic) bond motifs is 1. The minimum Gasteiger partial charge on any atom is -0.321 e. The van der Waals surface area contributed by atoms with Gasteiger partial charge in [-0.3, -0.25) is 9.69 Å². The van der Waals surface area contributed by atoms with E-state index in [2.05, 4.69) is 5.32 Å². The Morgan fingerprint density at radius 2 is 1.91 bits per heavy atom. The van der Waals surface area contributed by atoms with Crippen molar-refractivity contribution in [2.45, 2.75) is 6.16 Å². The average Bonchev–Trinajstić information content (AvgIpc) is 2.74. The second-order valence-corrected chi connectivity index (χ2v) is 9.64. The first kappa shape index (κ1) is 15.0. The molecule has 1 heterocycles. The number of rotatable bonds is 3. The molecule has 0 unspecified atom stereocenters. The first-order valence-corrected chi connectivity index (χ1v) is 10.0. The van der Waals surface area contributed by atoms with Gasteiger partial charge in [-0.1, -0.05) is 36.4 Å². The number of anilines is 1. The highest BCUT2D eigenvalue weighted by atomic mass is 31.2. The summed E-state index contributed by atoms with van der Waals surface area (Å²) in [5, 5.41) is 2.88. The lowest BCUT2D eigenvalue weighted by Crippen LogP contribution is -2.03. The molecule has 0 radical (unpaired) electrons. The van der Waals surface area contributed by atoms with Crippen LogP contribution in [0.2, 0.25) is 0 Å². The largest absolute Gasteiger partial charge is 0.321 e. The molecule has 2 aromatic rings. The van der Waals surface area contributed by atoms with Crippen LogP contribution in [0.15, 0.2) is 48.5 Å². The predicted octanol–water partition coefficient (Wildman–Crippen LogP) is 3.86. The summed E-state index contributed by atoms with van der Waals surface area (Å²) in [4.78, 5) is 22.2. The van der Waals surface area contributed by atoms with E-state index >= 15 is 0 Å². The van der Waals surface area contributed by atoms with Gasteiger partial charge in [0.1, 0.15) is 13.7 Å². The Kier molecular flexibility index (Phi) is 3.86. The molecule has 3 rings (SSSR count). The lowest BCUT2D eigenvalue weighted by Gasteiger charge is -2.09. The molecule has 22 heavy (non-hydrogen) atoms. The van der Waals surface area contributed by atoms with E-state index in [1.165, 1.54) is 0 Å². The van der Waals surface area contributed by atoms with Crippen molar-refractivity contribution in [2.75, 3.05) is 18.6 Å². The number of carbonyl (C=O) groups is 1. The molecule has 0 bridgehead atoms. The molecule has 4 heteroatoms. The van der Waals surface area contributed by atoms with E-state index < -0.39 is 7.49 Å². The smallest absolute Gasteiger partial charge is 0.256 e. The number of amides is 1. The molecule has 0 aromatic heterocycles. The van der Waals surface area contributed by atoms with Crippen molar-refractivity contribution in [3.63, 3.8) is 0 Å². The van der Waals surface area contributed by atoms with Gasteiger partial charge in [-0.05, 0) is 29.3 Å². The fourth-order valence-corrected chi connectivity index (χ4v) is 3.77. The van der Waals surface area contributed by atoms with Crippen molar-refractivity contribution in [2.24, 2.45) is 0 Å². The van der Waals surface area contributed by atoms with Crippen LogP contribution in [0.3, 0.4) is 0 Å². The SMILES string of the molecule is C[P+](C)(O)Cc1cccc(/C=C2\C(=O)Nc3ccccc32)c1. The summed E-state index contributed by atoms with van der Waals surface area (Å²) in [5.41, 5.74) is 4.56. The Morgan fingerprint density at radius 1 is 1.14 bits per heavy atom. The third-order valence-corrected chi connectivity index (χ3v) is 4.68. The molecule has 3 nitrogen and oxygen atoms in total. The van der Waals surface area contributed by atoms with E-state index in [0.29, 0.717) is 11.7 Å². The monoisotopic (exact) mass is 312 g/mol. The zero-order valence-electron chi connectivity index (χ0n) is 12.7. The van der Waals surface area contributed by atoms with Gasteiger partial charge in [-0.2, -0.15) is 0 Å². The first-order chi connectivity index (χ1) is 10.4. The zero-order valence-corrected chi connectivity index (χ0v) is 13.6. The molecule has 1 amide bonds. The molecule has 0 saturated carbocycles. The zero-order chi connectivity index (χ0) is 15.7. The van der Waals surface area contributed by atoms with Gasteiger partial charge in [-0.25, -0.2) is 0 Å². The summed E-state index contributed by atoms with van der Waals surface area (Å²) in [6, 6.07) is 15.7. The number of para-hydroxylation sites is 1. The maximum Gasteiger partial charge on any atom is 0.256 e. The predicted molar refractivity (Wildman–Crippen MR) is 94.1 cm³/mol. The Bertz CT molecular complexity index is 760. The summed E-state index contributed by atoms with van der Waals surface area (Å²) >= 11 is 0. The van der Waals surface area contributed by atoms with Crippen LogP contribution in [0, 0.1) is 0 Å². The van der Waals surface area contributed by atoms with Crippen LogP contribution in [0.1, 0.15) is 16.7 Å². The molecule has 0 fully saturated rings. The molecule has 0 atom stereocenters. The highest BCUT2D eigenvalue weighted by Gasteiger charge is 2.24. The minimum absolute atomic E-state index is 0.0680. The highest BCUT2D eigenvalue weighted by Crippen LogP contribution is 2.49. The molecular weight excluding hydrogens is 293 g/mol. The van der Waals surface area contributed by atoms with Crippen molar-refractivity contribution >= 4 is 30.7 Å². The van der Waals surface area contributed by atoms with Crippen LogP contribution in [-0.4, -0.2) is 24.1 Å². The Balaban J connectivity index is 1.96. The number of hydrogen-bond donors (Lipinski definition) is 2. The average molecular weight is 312 g/mol. The fraction of sp³-hybridized carbons (Fsp3) is 0.167. The Hall–Kier alpha value is -1.96. The lowest BCUT2D eigenvalue weighted by molar-refractivity contribution is -0.110. The molecule has 2 aromatic carbocycles. The Morgan fingerprint density at radius 3 is 2.68 bits per heavy atom. The Labute approximate surface area is 131 Å². The van der Waals surface area contributed by atoms with Crippen LogP contribution >= 0.6 is 7.49 Å². The van der Waals surface area contributed by atoms with Gasteiger partial charge in [0.2, 0.25) is 0 Å². The molecule has 1 aliphatic rings. The second-order valence-electron chi connectivity index (χ2n) is 6.08. The van der Waals surface area contributed by atoms with Crippen molar-refractivity contribution in [1.82, 2.24) is 0 Å². The molecule has 2 N–H and O–H groups in total. The van der Waals surface area contributed by atoms with Crippen LogP contribution < -0.4 is 5.32 Å². The van der Waals surface area contributed by atoms with Gasteiger partial charge in [0.05, 0.1) is 13.3 Å². The third kappa shape index (κ3) is 3.27. The molecule has 0 spiro atoms. The lowest BCUT2D eigenvalue weighted by atomic mass is 10.0. The van der Waals surface area contributed by atoms with Gasteiger partial charge in [0, 0.05) is 16.8 Å². The maximum absolute atomic E-state index is 12.1. The molecule has 112 valence electrons. The van der Waals surface area contributed by atoms with E-state index in [0.717, 1.165) is 22.4 Å². The van der Waals surface area contributed by atoms with Gasteiger partial charge >= 0.3 is 0 Å². The summed E-state index contributed by atoms with van der Waals surface area (Å²) in [7, 11) is -1.86. The number of hydrogen-bond acceptors (Lipinski definition) is 2. The van der Waals surface area contributed by atoms with E-state index in [4.69, 9.17) is 0 Å². The quantitative estimate of drug-likeness (QED) is 0.668. The normalized spacial score (nSPS) is 15.8. The summed E-state index contributed by atoms with van der Waals surface area (Å²) in [6.07, 6.45) is 2.60. The van der Waals surface area contributed by atoms with E-state index in [-0.39, 0.29) is 5.91 Å². The highest BCUT2D eigenvalue weighted by molar-refractivity contribution is 7.68. The van der Waals surface area contributed by atoms with Crippen molar-refractivity contribution < 1.29 is 9.69 Å². The topological polar surface area (TPSA) is 49.3 Å². The van der Waals surface area contributed by atoms with E-state index in [9.17, 15) is 9.69 Å². The summed E-state index contributed by atoms with van der Waals surface area (Å²) in [5.74, 6) is -0.0680. The van der Waals surface area contributed by atoms with Crippen molar-refractivity contribution in [1.29, 1.82) is 0 Å². The third-order valence-electron chi connectivity index (χ3n) is 3.54. The molecule has 1 aliphatic heterocycles. The molecule has 0 saturated heterocycles. The van der Waals surface area contributed by atoms with Crippen LogP contribution in [0.5, 0.6) is 0 Å². The van der Waals surface area contributed by atoms with Crippen LogP contribution in [0.4, 0.5) is 5.69 Å². The van der Waals surface area contributed by atoms with E-state index in [1.807, 2.05) is 67.9 Å². The van der Waals surface area contributed by atoms with Crippen LogP contribution in [0.25, 0.3) is 11.6 Å². The van der Waals surface area contributed by atoms with Gasteiger partial charge in [0.25, 0.3) is 5.91 Å². The number of carbonyl (C=O) groups excluding carboxylic acids is 1. The van der Waals surface area contributed by atoms with Gasteiger partial charge < -0.3 is 5.32 Å². The maximum atomic E-state index is 12.1. The molecule has 0 aliphatic carbocycles. The van der Waals surface area contributed by atoms with Crippen molar-refractivity contribution in [3.05, 3.63) is 65.2 Å². The fourth-order valence-electron chi connectivity index (χ4n) is 2.68. The summed E-state index contributed by atoms with van der Waals surface area (Å²) in [6.45, 7) is 3.80. The second kappa shape index (κ2) is 5.68. The van der Waals surface area contributed by atoms with Crippen molar-refractivity contribution in [3.8, 4) is 0 Å². The first-order valence-electron chi connectivity index (χ1n) is 7.19.